The highest BCUT2D eigenvalue weighted by molar-refractivity contribution is 5.95. The van der Waals surface area contributed by atoms with E-state index < -0.39 is 0 Å². The van der Waals surface area contributed by atoms with Crippen molar-refractivity contribution in [2.24, 2.45) is 7.05 Å². The molecule has 122 valence electrons. The average molecular weight is 323 g/mol. The van der Waals surface area contributed by atoms with Gasteiger partial charge in [0.25, 0.3) is 5.91 Å². The van der Waals surface area contributed by atoms with Gasteiger partial charge in [-0.15, -0.1) is 10.2 Å². The number of rotatable bonds is 3. The summed E-state index contributed by atoms with van der Waals surface area (Å²) in [6.45, 7) is 0.634. The van der Waals surface area contributed by atoms with Crippen molar-refractivity contribution in [3.63, 3.8) is 0 Å². The van der Waals surface area contributed by atoms with E-state index in [9.17, 15) is 4.79 Å². The smallest absolute Gasteiger partial charge is 0.254 e. The molecule has 0 saturated carbocycles. The molecule has 0 radical (unpaired) electrons. The van der Waals surface area contributed by atoms with E-state index in [0.717, 1.165) is 35.0 Å². The van der Waals surface area contributed by atoms with Crippen LogP contribution in [0.2, 0.25) is 0 Å². The van der Waals surface area contributed by atoms with Gasteiger partial charge in [-0.2, -0.15) is 0 Å². The molecule has 7 nitrogen and oxygen atoms in total. The van der Waals surface area contributed by atoms with Gasteiger partial charge >= 0.3 is 0 Å². The Morgan fingerprint density at radius 2 is 2.25 bits per heavy atom. The predicted molar refractivity (Wildman–Crippen MR) is 89.3 cm³/mol. The third-order valence-corrected chi connectivity index (χ3v) is 4.17. The highest BCUT2D eigenvalue weighted by atomic mass is 16.5. The first-order chi connectivity index (χ1) is 11.7. The van der Waals surface area contributed by atoms with Crippen molar-refractivity contribution in [2.45, 2.75) is 18.9 Å². The van der Waals surface area contributed by atoms with Crippen LogP contribution in [0.4, 0.5) is 5.82 Å². The van der Waals surface area contributed by atoms with Crippen LogP contribution in [0.5, 0.6) is 0 Å². The van der Waals surface area contributed by atoms with Gasteiger partial charge in [0.05, 0.1) is 23.7 Å². The molecule has 1 atom stereocenters. The Morgan fingerprint density at radius 1 is 1.33 bits per heavy atom. The van der Waals surface area contributed by atoms with Crippen LogP contribution in [0.15, 0.2) is 36.8 Å². The Kier molecular flexibility index (Phi) is 3.70. The van der Waals surface area contributed by atoms with Crippen molar-refractivity contribution in [3.8, 4) is 11.3 Å². The zero-order valence-electron chi connectivity index (χ0n) is 13.3. The zero-order valence-corrected chi connectivity index (χ0v) is 13.3. The number of aryl methyl sites for hydroxylation is 1. The summed E-state index contributed by atoms with van der Waals surface area (Å²) in [5.41, 5.74) is 2.82. The Hall–Kier alpha value is -2.80. The van der Waals surface area contributed by atoms with E-state index in [1.807, 2.05) is 42.1 Å². The van der Waals surface area contributed by atoms with Crippen molar-refractivity contribution in [1.29, 1.82) is 0 Å². The minimum absolute atomic E-state index is 0.163. The fraction of sp³-hybridized carbons (Fsp3) is 0.294. The van der Waals surface area contributed by atoms with Crippen molar-refractivity contribution < 1.29 is 9.53 Å². The number of nitrogens with one attached hydrogen (secondary N) is 1. The second kappa shape index (κ2) is 6.01. The van der Waals surface area contributed by atoms with E-state index in [1.165, 1.54) is 0 Å². The van der Waals surface area contributed by atoms with Crippen LogP contribution >= 0.6 is 0 Å². The van der Waals surface area contributed by atoms with Crippen LogP contribution in [0.3, 0.4) is 0 Å². The van der Waals surface area contributed by atoms with Crippen molar-refractivity contribution >= 4 is 22.6 Å². The number of imidazole rings is 1. The number of anilines is 1. The van der Waals surface area contributed by atoms with Crippen molar-refractivity contribution in [3.05, 3.63) is 36.8 Å². The Balaban J connectivity index is 1.64. The van der Waals surface area contributed by atoms with Crippen LogP contribution in [-0.2, 0) is 16.6 Å². The van der Waals surface area contributed by atoms with Gasteiger partial charge in [0.2, 0.25) is 0 Å². The fourth-order valence-corrected chi connectivity index (χ4v) is 2.89. The molecular formula is C17H17N5O2. The molecule has 1 N–H and O–H groups in total. The molecule has 1 unspecified atom stereocenters. The summed E-state index contributed by atoms with van der Waals surface area (Å²) in [5.74, 6) is 0.272. The van der Waals surface area contributed by atoms with E-state index in [0.29, 0.717) is 12.4 Å². The number of hydrogen-bond acceptors (Lipinski definition) is 5. The maximum atomic E-state index is 12.1. The molecule has 0 bridgehead atoms. The number of amides is 1. The fourth-order valence-electron chi connectivity index (χ4n) is 2.89. The number of carbonyl (C=O) groups excluding carboxylic acids is 1. The van der Waals surface area contributed by atoms with Crippen LogP contribution < -0.4 is 5.32 Å². The van der Waals surface area contributed by atoms with Crippen molar-refractivity contribution in [2.75, 3.05) is 11.9 Å². The topological polar surface area (TPSA) is 81.9 Å². The SMILES string of the molecule is Cn1cncc1-c1ccc2nnc(NC(=O)C3CCCO3)cc2c1. The number of benzene rings is 1. The summed E-state index contributed by atoms with van der Waals surface area (Å²) in [6.07, 6.45) is 4.85. The minimum Gasteiger partial charge on any atom is -0.368 e. The number of hydrogen-bond donors (Lipinski definition) is 1. The number of carbonyl (C=O) groups is 1. The minimum atomic E-state index is -0.386. The summed E-state index contributed by atoms with van der Waals surface area (Å²) in [4.78, 5) is 16.3. The van der Waals surface area contributed by atoms with E-state index >= 15 is 0 Å². The summed E-state index contributed by atoms with van der Waals surface area (Å²) >= 11 is 0. The van der Waals surface area contributed by atoms with E-state index in [4.69, 9.17) is 4.74 Å². The summed E-state index contributed by atoms with van der Waals surface area (Å²) < 4.78 is 7.34. The second-order valence-electron chi connectivity index (χ2n) is 5.88. The molecule has 1 fully saturated rings. The van der Waals surface area contributed by atoms with Gasteiger partial charge in [0, 0.05) is 24.6 Å². The van der Waals surface area contributed by atoms with Gasteiger partial charge < -0.3 is 14.6 Å². The molecule has 1 amide bonds. The largest absolute Gasteiger partial charge is 0.368 e. The van der Waals surface area contributed by atoms with Crippen LogP contribution in [-0.4, -0.2) is 38.4 Å². The van der Waals surface area contributed by atoms with Gasteiger partial charge in [0.1, 0.15) is 6.10 Å². The number of fused-ring (bicyclic) bond motifs is 1. The summed E-state index contributed by atoms with van der Waals surface area (Å²) in [7, 11) is 1.95. The van der Waals surface area contributed by atoms with Gasteiger partial charge in [-0.05, 0) is 31.0 Å². The van der Waals surface area contributed by atoms with Gasteiger partial charge in [-0.25, -0.2) is 4.98 Å². The standard InChI is InChI=1S/C17H17N5O2/c1-22-10-18-9-14(22)11-4-5-13-12(7-11)8-16(21-20-13)19-17(23)15-3-2-6-24-15/h4-5,7-10,15H,2-3,6H2,1H3,(H,19,21,23). The summed E-state index contributed by atoms with van der Waals surface area (Å²) in [5, 5.41) is 11.9. The highest BCUT2D eigenvalue weighted by Gasteiger charge is 2.23. The van der Waals surface area contributed by atoms with E-state index in [-0.39, 0.29) is 12.0 Å². The van der Waals surface area contributed by atoms with Crippen molar-refractivity contribution in [1.82, 2.24) is 19.7 Å². The number of nitrogens with zero attached hydrogens (tertiary/aromatic N) is 4. The molecule has 1 saturated heterocycles. The van der Waals surface area contributed by atoms with Gasteiger partial charge in [-0.1, -0.05) is 6.07 Å². The Labute approximate surface area is 138 Å². The lowest BCUT2D eigenvalue weighted by molar-refractivity contribution is -0.124. The molecule has 3 aromatic rings. The molecule has 0 aliphatic carbocycles. The maximum Gasteiger partial charge on any atom is 0.254 e. The number of aromatic nitrogens is 4. The normalized spacial score (nSPS) is 17.3. The lowest BCUT2D eigenvalue weighted by atomic mass is 10.1. The Bertz CT molecular complexity index is 899. The molecule has 1 aromatic carbocycles. The molecule has 1 aliphatic heterocycles. The number of ether oxygens (including phenoxy) is 1. The predicted octanol–water partition coefficient (Wildman–Crippen LogP) is 2.15. The quantitative estimate of drug-likeness (QED) is 0.798. The van der Waals surface area contributed by atoms with Crippen LogP contribution in [0, 0.1) is 0 Å². The lowest BCUT2D eigenvalue weighted by Gasteiger charge is -2.10. The van der Waals surface area contributed by atoms with Gasteiger partial charge in [0.15, 0.2) is 5.82 Å². The molecule has 4 rings (SSSR count). The first-order valence-corrected chi connectivity index (χ1v) is 7.87. The lowest BCUT2D eigenvalue weighted by Crippen LogP contribution is -2.27. The molecule has 24 heavy (non-hydrogen) atoms. The van der Waals surface area contributed by atoms with Crippen LogP contribution in [0.1, 0.15) is 12.8 Å². The first kappa shape index (κ1) is 14.8. The van der Waals surface area contributed by atoms with E-state index in [2.05, 4.69) is 20.5 Å². The third-order valence-electron chi connectivity index (χ3n) is 4.17. The highest BCUT2D eigenvalue weighted by Crippen LogP contribution is 2.24. The molecule has 2 aromatic heterocycles. The first-order valence-electron chi connectivity index (χ1n) is 7.87. The Morgan fingerprint density at radius 3 is 3.00 bits per heavy atom. The average Bonchev–Trinajstić information content (AvgIpc) is 3.25. The zero-order chi connectivity index (χ0) is 16.5. The molecular weight excluding hydrogens is 306 g/mol. The second-order valence-corrected chi connectivity index (χ2v) is 5.88. The molecule has 7 heteroatoms. The van der Waals surface area contributed by atoms with Crippen LogP contribution in [0.25, 0.3) is 22.2 Å². The molecule has 0 spiro atoms. The summed E-state index contributed by atoms with van der Waals surface area (Å²) in [6, 6.07) is 7.74. The van der Waals surface area contributed by atoms with E-state index in [1.54, 1.807) is 6.33 Å². The third kappa shape index (κ3) is 2.74. The molecule has 3 heterocycles. The maximum absolute atomic E-state index is 12.1. The monoisotopic (exact) mass is 323 g/mol. The van der Waals surface area contributed by atoms with Gasteiger partial charge in [-0.3, -0.25) is 4.79 Å². The molecule has 1 aliphatic rings.